The molecule has 0 aliphatic carbocycles. The normalized spacial score (nSPS) is 27.6. The minimum Gasteiger partial charge on any atom is -0.317 e. The van der Waals surface area contributed by atoms with E-state index in [4.69, 9.17) is 0 Å². The van der Waals surface area contributed by atoms with Gasteiger partial charge >= 0.3 is 0 Å². The smallest absolute Gasteiger partial charge is 0.0442 e. The molecule has 0 saturated carbocycles. The summed E-state index contributed by atoms with van der Waals surface area (Å²) in [5.74, 6) is 0.928. The standard InChI is InChI=1S/C14H22N2S/c1-3-13(14-4-2-10-17-14)16(9-1)11-12-5-7-15-8-6-12/h2,4,10,12-13,15H,1,3,5-9,11H2. The molecule has 2 aliphatic heterocycles. The zero-order valence-electron chi connectivity index (χ0n) is 10.4. The van der Waals surface area contributed by atoms with Gasteiger partial charge in [-0.25, -0.2) is 0 Å². The van der Waals surface area contributed by atoms with Gasteiger partial charge in [-0.05, 0) is 62.7 Å². The lowest BCUT2D eigenvalue weighted by Gasteiger charge is -2.30. The highest BCUT2D eigenvalue weighted by atomic mass is 32.1. The van der Waals surface area contributed by atoms with Crippen LogP contribution in [0.4, 0.5) is 0 Å². The van der Waals surface area contributed by atoms with E-state index in [-0.39, 0.29) is 0 Å². The van der Waals surface area contributed by atoms with Crippen molar-refractivity contribution >= 4 is 11.3 Å². The maximum atomic E-state index is 3.46. The maximum Gasteiger partial charge on any atom is 0.0442 e. The molecule has 0 amide bonds. The molecule has 1 unspecified atom stereocenters. The molecule has 94 valence electrons. The number of thiophene rings is 1. The SMILES string of the molecule is c1csc(C2CCCN2CC2CCNCC2)c1. The van der Waals surface area contributed by atoms with Crippen LogP contribution >= 0.6 is 11.3 Å². The number of likely N-dealkylation sites (tertiary alicyclic amines) is 1. The zero-order valence-corrected chi connectivity index (χ0v) is 11.2. The van der Waals surface area contributed by atoms with Crippen molar-refractivity contribution in [2.45, 2.75) is 31.7 Å². The van der Waals surface area contributed by atoms with Gasteiger partial charge in [0, 0.05) is 17.5 Å². The Bertz CT molecular complexity index is 330. The van der Waals surface area contributed by atoms with Crippen LogP contribution in [0.5, 0.6) is 0 Å². The fraction of sp³-hybridized carbons (Fsp3) is 0.714. The zero-order chi connectivity index (χ0) is 11.5. The minimum atomic E-state index is 0.727. The van der Waals surface area contributed by atoms with Gasteiger partial charge in [0.1, 0.15) is 0 Å². The third kappa shape index (κ3) is 2.72. The molecule has 1 N–H and O–H groups in total. The van der Waals surface area contributed by atoms with Gasteiger partial charge in [0.2, 0.25) is 0 Å². The quantitative estimate of drug-likeness (QED) is 0.887. The van der Waals surface area contributed by atoms with Crippen molar-refractivity contribution in [3.8, 4) is 0 Å². The first-order valence-corrected chi connectivity index (χ1v) is 7.79. The molecule has 0 bridgehead atoms. The van der Waals surface area contributed by atoms with E-state index in [1.165, 1.54) is 51.9 Å². The van der Waals surface area contributed by atoms with Gasteiger partial charge in [-0.3, -0.25) is 4.90 Å². The molecule has 0 spiro atoms. The predicted molar refractivity (Wildman–Crippen MR) is 73.5 cm³/mol. The summed E-state index contributed by atoms with van der Waals surface area (Å²) in [6.45, 7) is 5.08. The molecule has 3 rings (SSSR count). The molecule has 2 saturated heterocycles. The Morgan fingerprint density at radius 1 is 1.29 bits per heavy atom. The molecule has 17 heavy (non-hydrogen) atoms. The Balaban J connectivity index is 1.61. The number of nitrogens with zero attached hydrogens (tertiary/aromatic N) is 1. The Hall–Kier alpha value is -0.380. The summed E-state index contributed by atoms with van der Waals surface area (Å²) in [5.41, 5.74) is 0. The first-order chi connectivity index (χ1) is 8.43. The fourth-order valence-electron chi connectivity index (χ4n) is 3.24. The molecule has 0 aromatic carbocycles. The van der Waals surface area contributed by atoms with E-state index in [0.29, 0.717) is 0 Å². The van der Waals surface area contributed by atoms with E-state index in [2.05, 4.69) is 27.7 Å². The number of rotatable bonds is 3. The molecule has 1 aromatic rings. The molecule has 3 heterocycles. The van der Waals surface area contributed by atoms with E-state index in [1.807, 2.05) is 11.3 Å². The summed E-state index contributed by atoms with van der Waals surface area (Å²) in [4.78, 5) is 4.32. The fourth-order valence-corrected chi connectivity index (χ4v) is 4.14. The van der Waals surface area contributed by atoms with Crippen LogP contribution in [0, 0.1) is 5.92 Å². The Morgan fingerprint density at radius 3 is 2.94 bits per heavy atom. The molecular formula is C14H22N2S. The van der Waals surface area contributed by atoms with E-state index in [9.17, 15) is 0 Å². The van der Waals surface area contributed by atoms with E-state index in [0.717, 1.165) is 12.0 Å². The van der Waals surface area contributed by atoms with Gasteiger partial charge in [0.15, 0.2) is 0 Å². The molecular weight excluding hydrogens is 228 g/mol. The van der Waals surface area contributed by atoms with Gasteiger partial charge < -0.3 is 5.32 Å². The van der Waals surface area contributed by atoms with Crippen molar-refractivity contribution < 1.29 is 0 Å². The van der Waals surface area contributed by atoms with Gasteiger partial charge in [0.05, 0.1) is 0 Å². The van der Waals surface area contributed by atoms with Gasteiger partial charge in [-0.2, -0.15) is 0 Å². The van der Waals surface area contributed by atoms with Gasteiger partial charge in [-0.1, -0.05) is 6.07 Å². The van der Waals surface area contributed by atoms with Crippen molar-refractivity contribution in [2.75, 3.05) is 26.2 Å². The average Bonchev–Trinajstić information content (AvgIpc) is 3.00. The van der Waals surface area contributed by atoms with Gasteiger partial charge in [0.25, 0.3) is 0 Å². The number of hydrogen-bond donors (Lipinski definition) is 1. The monoisotopic (exact) mass is 250 g/mol. The van der Waals surface area contributed by atoms with E-state index >= 15 is 0 Å². The lowest BCUT2D eigenvalue weighted by Crippen LogP contribution is -2.35. The summed E-state index contributed by atoms with van der Waals surface area (Å²) in [6.07, 6.45) is 5.49. The maximum absolute atomic E-state index is 3.46. The Labute approximate surface area is 108 Å². The van der Waals surface area contributed by atoms with Crippen LogP contribution in [0.15, 0.2) is 17.5 Å². The minimum absolute atomic E-state index is 0.727. The molecule has 2 fully saturated rings. The van der Waals surface area contributed by atoms with Crippen LogP contribution < -0.4 is 5.32 Å². The highest BCUT2D eigenvalue weighted by Gasteiger charge is 2.28. The predicted octanol–water partition coefficient (Wildman–Crippen LogP) is 2.88. The second kappa shape index (κ2) is 5.51. The van der Waals surface area contributed by atoms with Crippen molar-refractivity contribution in [1.29, 1.82) is 0 Å². The Morgan fingerprint density at radius 2 is 2.18 bits per heavy atom. The lowest BCUT2D eigenvalue weighted by atomic mass is 9.97. The van der Waals surface area contributed by atoms with Crippen LogP contribution in [0.2, 0.25) is 0 Å². The topological polar surface area (TPSA) is 15.3 Å². The van der Waals surface area contributed by atoms with Gasteiger partial charge in [-0.15, -0.1) is 11.3 Å². The average molecular weight is 250 g/mol. The van der Waals surface area contributed by atoms with Crippen LogP contribution in [0.25, 0.3) is 0 Å². The highest BCUT2D eigenvalue weighted by molar-refractivity contribution is 7.10. The molecule has 3 heteroatoms. The number of piperidine rings is 1. The summed E-state index contributed by atoms with van der Waals surface area (Å²) in [5, 5.41) is 5.68. The largest absolute Gasteiger partial charge is 0.317 e. The molecule has 2 aliphatic rings. The summed E-state index contributed by atoms with van der Waals surface area (Å²) in [6, 6.07) is 5.24. The first kappa shape index (κ1) is 11.7. The first-order valence-electron chi connectivity index (χ1n) is 6.91. The second-order valence-corrected chi connectivity index (χ2v) is 6.34. The van der Waals surface area contributed by atoms with Crippen molar-refractivity contribution in [1.82, 2.24) is 10.2 Å². The van der Waals surface area contributed by atoms with Crippen molar-refractivity contribution in [3.63, 3.8) is 0 Å². The lowest BCUT2D eigenvalue weighted by molar-refractivity contribution is 0.195. The third-order valence-electron chi connectivity index (χ3n) is 4.19. The number of nitrogens with one attached hydrogen (secondary N) is 1. The number of hydrogen-bond acceptors (Lipinski definition) is 3. The van der Waals surface area contributed by atoms with Crippen LogP contribution in [-0.4, -0.2) is 31.1 Å². The molecule has 0 radical (unpaired) electrons. The van der Waals surface area contributed by atoms with Crippen LogP contribution in [-0.2, 0) is 0 Å². The highest BCUT2D eigenvalue weighted by Crippen LogP contribution is 2.35. The van der Waals surface area contributed by atoms with Crippen LogP contribution in [0.3, 0.4) is 0 Å². The van der Waals surface area contributed by atoms with Crippen molar-refractivity contribution in [2.24, 2.45) is 5.92 Å². The van der Waals surface area contributed by atoms with E-state index < -0.39 is 0 Å². The van der Waals surface area contributed by atoms with E-state index in [1.54, 1.807) is 4.88 Å². The molecule has 1 aromatic heterocycles. The third-order valence-corrected chi connectivity index (χ3v) is 5.16. The molecule has 1 atom stereocenters. The van der Waals surface area contributed by atoms with Crippen molar-refractivity contribution in [3.05, 3.63) is 22.4 Å². The Kier molecular flexibility index (Phi) is 3.79. The summed E-state index contributed by atoms with van der Waals surface area (Å²) >= 11 is 1.93. The molecule has 2 nitrogen and oxygen atoms in total. The summed E-state index contributed by atoms with van der Waals surface area (Å²) < 4.78 is 0. The summed E-state index contributed by atoms with van der Waals surface area (Å²) in [7, 11) is 0. The van der Waals surface area contributed by atoms with Crippen LogP contribution in [0.1, 0.15) is 36.6 Å². The second-order valence-electron chi connectivity index (χ2n) is 5.36.